The molecule has 0 saturated carbocycles. The fourth-order valence-electron chi connectivity index (χ4n) is 1.03. The van der Waals surface area contributed by atoms with E-state index in [-0.39, 0.29) is 5.69 Å². The summed E-state index contributed by atoms with van der Waals surface area (Å²) in [6.45, 7) is 2.27. The molecule has 7 heteroatoms. The van der Waals surface area contributed by atoms with E-state index in [1.807, 2.05) is 6.92 Å². The summed E-state index contributed by atoms with van der Waals surface area (Å²) in [4.78, 5) is 0. The zero-order chi connectivity index (χ0) is 10.8. The molecule has 80 valence electrons. The second-order valence-electron chi connectivity index (χ2n) is 2.83. The van der Waals surface area contributed by atoms with E-state index >= 15 is 0 Å². The lowest BCUT2D eigenvalue weighted by Crippen LogP contribution is -2.22. The highest BCUT2D eigenvalue weighted by Gasteiger charge is 2.39. The molecule has 0 fully saturated rings. The van der Waals surface area contributed by atoms with E-state index in [0.717, 1.165) is 6.20 Å². The van der Waals surface area contributed by atoms with Crippen LogP contribution in [0.25, 0.3) is 0 Å². The van der Waals surface area contributed by atoms with E-state index in [9.17, 15) is 13.9 Å². The van der Waals surface area contributed by atoms with E-state index < -0.39 is 11.5 Å². The Labute approximate surface area is 84.5 Å². The highest BCUT2D eigenvalue weighted by molar-refractivity contribution is 6.22. The van der Waals surface area contributed by atoms with Crippen molar-refractivity contribution in [3.8, 4) is 0 Å². The molecule has 0 aromatic carbocycles. The zero-order valence-corrected chi connectivity index (χ0v) is 8.25. The first-order chi connectivity index (χ1) is 6.46. The number of rotatable bonds is 4. The molecule has 1 N–H and O–H groups in total. The Bertz CT molecular complexity index is 299. The van der Waals surface area contributed by atoms with Gasteiger partial charge < -0.3 is 5.11 Å². The van der Waals surface area contributed by atoms with E-state index in [1.54, 1.807) is 0 Å². The molecule has 1 heterocycles. The summed E-state index contributed by atoms with van der Waals surface area (Å²) < 4.78 is 26.3. The molecule has 0 amide bonds. The summed E-state index contributed by atoms with van der Waals surface area (Å²) >= 11 is 4.69. The molecule has 14 heavy (non-hydrogen) atoms. The van der Waals surface area contributed by atoms with Crippen molar-refractivity contribution >= 4 is 11.6 Å². The van der Waals surface area contributed by atoms with Crippen molar-refractivity contribution in [2.45, 2.75) is 31.4 Å². The Morgan fingerprint density at radius 1 is 1.71 bits per heavy atom. The van der Waals surface area contributed by atoms with Crippen LogP contribution in [0.3, 0.4) is 0 Å². The number of hydrogen-bond acceptors (Lipinski definition) is 3. The fourth-order valence-corrected chi connectivity index (χ4v) is 1.14. The second-order valence-corrected chi connectivity index (χ2v) is 3.33. The van der Waals surface area contributed by atoms with Gasteiger partial charge in [0.2, 0.25) is 0 Å². The summed E-state index contributed by atoms with van der Waals surface area (Å²) in [5, 5.41) is 12.5. The molecule has 0 saturated heterocycles. The van der Waals surface area contributed by atoms with Crippen molar-refractivity contribution in [1.29, 1.82) is 0 Å². The lowest BCUT2D eigenvalue weighted by molar-refractivity contribution is -0.0468. The van der Waals surface area contributed by atoms with Crippen LogP contribution in [0.2, 0.25) is 0 Å². The molecule has 1 unspecified atom stereocenters. The Morgan fingerprint density at radius 3 is 2.86 bits per heavy atom. The molecule has 1 rings (SSSR count). The van der Waals surface area contributed by atoms with E-state index in [0.29, 0.717) is 13.0 Å². The first-order valence-corrected chi connectivity index (χ1v) is 4.47. The average Bonchev–Trinajstić information content (AvgIpc) is 2.50. The highest BCUT2D eigenvalue weighted by atomic mass is 35.5. The third kappa shape index (κ3) is 2.39. The Hall–Kier alpha value is -0.750. The molecule has 0 spiro atoms. The Kier molecular flexibility index (Phi) is 3.38. The van der Waals surface area contributed by atoms with Crippen LogP contribution in [0.1, 0.15) is 25.1 Å². The summed E-state index contributed by atoms with van der Waals surface area (Å²) in [7, 11) is 0. The van der Waals surface area contributed by atoms with E-state index in [1.165, 1.54) is 4.68 Å². The number of aliphatic hydroxyl groups excluding tert-OH is 1. The van der Waals surface area contributed by atoms with Crippen LogP contribution in [-0.4, -0.2) is 25.5 Å². The molecule has 1 atom stereocenters. The Morgan fingerprint density at radius 2 is 2.36 bits per heavy atom. The van der Waals surface area contributed by atoms with Gasteiger partial charge in [-0.05, 0) is 18.0 Å². The first kappa shape index (κ1) is 11.3. The maximum atomic E-state index is 12.5. The minimum Gasteiger partial charge on any atom is -0.379 e. The minimum absolute atomic E-state index is 0.0770. The molecule has 0 aliphatic carbocycles. The van der Waals surface area contributed by atoms with Crippen LogP contribution in [0.5, 0.6) is 0 Å². The van der Waals surface area contributed by atoms with Crippen LogP contribution in [0.15, 0.2) is 6.20 Å². The lowest BCUT2D eigenvalue weighted by Gasteiger charge is -2.16. The van der Waals surface area contributed by atoms with Crippen LogP contribution >= 0.6 is 11.6 Å². The quantitative estimate of drug-likeness (QED) is 0.791. The molecule has 0 bridgehead atoms. The van der Waals surface area contributed by atoms with Gasteiger partial charge in [0.05, 0.1) is 11.9 Å². The van der Waals surface area contributed by atoms with Gasteiger partial charge in [-0.3, -0.25) is 0 Å². The van der Waals surface area contributed by atoms with Gasteiger partial charge in [-0.2, -0.15) is 8.78 Å². The highest BCUT2D eigenvalue weighted by Crippen LogP contribution is 2.34. The molecule has 1 aromatic rings. The van der Waals surface area contributed by atoms with Gasteiger partial charge in [0.1, 0.15) is 0 Å². The van der Waals surface area contributed by atoms with Gasteiger partial charge in [0.25, 0.3) is 0 Å². The van der Waals surface area contributed by atoms with Gasteiger partial charge in [0, 0.05) is 6.54 Å². The van der Waals surface area contributed by atoms with Crippen LogP contribution in [0, 0.1) is 0 Å². The second kappa shape index (κ2) is 4.18. The number of nitrogens with zero attached hydrogens (tertiary/aromatic N) is 3. The van der Waals surface area contributed by atoms with Crippen molar-refractivity contribution in [3.63, 3.8) is 0 Å². The predicted octanol–water partition coefficient (Wildman–Crippen LogP) is 1.55. The monoisotopic (exact) mass is 225 g/mol. The molecule has 1 aromatic heterocycles. The van der Waals surface area contributed by atoms with Gasteiger partial charge >= 0.3 is 5.38 Å². The molecule has 4 nitrogen and oxygen atoms in total. The molecule has 0 aliphatic heterocycles. The number of aromatic nitrogens is 3. The van der Waals surface area contributed by atoms with Crippen molar-refractivity contribution in [2.24, 2.45) is 0 Å². The van der Waals surface area contributed by atoms with E-state index in [4.69, 9.17) is 11.6 Å². The van der Waals surface area contributed by atoms with Gasteiger partial charge in [-0.25, -0.2) is 4.68 Å². The van der Waals surface area contributed by atoms with Crippen molar-refractivity contribution in [2.75, 3.05) is 0 Å². The topological polar surface area (TPSA) is 50.9 Å². The number of aryl methyl sites for hydroxylation is 1. The van der Waals surface area contributed by atoms with Crippen molar-refractivity contribution < 1.29 is 13.9 Å². The maximum absolute atomic E-state index is 12.5. The molecule has 0 aliphatic rings. The predicted molar refractivity (Wildman–Crippen MR) is 46.1 cm³/mol. The summed E-state index contributed by atoms with van der Waals surface area (Å²) in [5.41, 5.74) is -0.0770. The summed E-state index contributed by atoms with van der Waals surface area (Å²) in [6, 6.07) is 0. The first-order valence-electron chi connectivity index (χ1n) is 4.10. The Balaban J connectivity index is 2.89. The SMILES string of the molecule is CCCn1nncc1C(O)C(F)(F)Cl. The number of alkyl halides is 3. The number of aliphatic hydroxyl groups is 1. The van der Waals surface area contributed by atoms with Crippen LogP contribution in [-0.2, 0) is 6.54 Å². The van der Waals surface area contributed by atoms with Gasteiger partial charge in [-0.1, -0.05) is 12.1 Å². The largest absolute Gasteiger partial charge is 0.379 e. The van der Waals surface area contributed by atoms with Gasteiger partial charge in [-0.15, -0.1) is 5.10 Å². The average molecular weight is 226 g/mol. The minimum atomic E-state index is -3.70. The third-order valence-corrected chi connectivity index (χ3v) is 1.88. The van der Waals surface area contributed by atoms with Crippen molar-refractivity contribution in [1.82, 2.24) is 15.0 Å². The maximum Gasteiger partial charge on any atom is 0.352 e. The smallest absolute Gasteiger partial charge is 0.352 e. The summed E-state index contributed by atoms with van der Waals surface area (Å²) in [5.74, 6) is 0. The summed E-state index contributed by atoms with van der Waals surface area (Å²) in [6.07, 6.45) is -0.293. The molecule has 0 radical (unpaired) electrons. The normalized spacial score (nSPS) is 14.4. The van der Waals surface area contributed by atoms with E-state index in [2.05, 4.69) is 10.3 Å². The standard InChI is InChI=1S/C7H10ClF2N3O/c1-2-3-13-5(4-11-12-13)6(14)7(8,9)10/h4,6,14H,2-3H2,1H3. The fraction of sp³-hybridized carbons (Fsp3) is 0.714. The van der Waals surface area contributed by atoms with Crippen LogP contribution in [0.4, 0.5) is 8.78 Å². The zero-order valence-electron chi connectivity index (χ0n) is 7.49. The molecular formula is C7H10ClF2N3O. The van der Waals surface area contributed by atoms with Crippen molar-refractivity contribution in [3.05, 3.63) is 11.9 Å². The number of halogens is 3. The lowest BCUT2D eigenvalue weighted by atomic mass is 10.2. The van der Waals surface area contributed by atoms with Crippen LogP contribution < -0.4 is 0 Å². The van der Waals surface area contributed by atoms with Gasteiger partial charge in [0.15, 0.2) is 6.10 Å². The third-order valence-electron chi connectivity index (χ3n) is 1.67. The number of hydrogen-bond donors (Lipinski definition) is 1. The molecular weight excluding hydrogens is 216 g/mol.